The Labute approximate surface area is 139 Å². The number of rotatable bonds is 4. The molecule has 23 heavy (non-hydrogen) atoms. The Hall–Kier alpha value is -1.46. The lowest BCUT2D eigenvalue weighted by Crippen LogP contribution is -2.49. The molecule has 2 saturated heterocycles. The van der Waals surface area contributed by atoms with Gasteiger partial charge in [0.05, 0.1) is 12.2 Å². The van der Waals surface area contributed by atoms with Crippen LogP contribution in [0.1, 0.15) is 31.4 Å². The first kappa shape index (κ1) is 16.4. The normalized spacial score (nSPS) is 21.1. The van der Waals surface area contributed by atoms with Crippen molar-refractivity contribution in [2.45, 2.75) is 32.2 Å². The SMILES string of the molecule is O=C(CN1CCN(Cc2ccccn2)CC1)N1CCCCCC1. The summed E-state index contributed by atoms with van der Waals surface area (Å²) in [4.78, 5) is 23.7. The number of piperazine rings is 1. The van der Waals surface area contributed by atoms with Crippen LogP contribution >= 0.6 is 0 Å². The molecule has 0 saturated carbocycles. The van der Waals surface area contributed by atoms with Gasteiger partial charge in [0.25, 0.3) is 0 Å². The van der Waals surface area contributed by atoms with Gasteiger partial charge < -0.3 is 4.90 Å². The predicted octanol–water partition coefficient (Wildman–Crippen LogP) is 1.60. The summed E-state index contributed by atoms with van der Waals surface area (Å²) in [6.45, 7) is 7.41. The van der Waals surface area contributed by atoms with Crippen molar-refractivity contribution in [2.24, 2.45) is 0 Å². The molecule has 126 valence electrons. The highest BCUT2D eigenvalue weighted by Crippen LogP contribution is 2.11. The fourth-order valence-electron chi connectivity index (χ4n) is 3.44. The lowest BCUT2D eigenvalue weighted by Gasteiger charge is -2.35. The Morgan fingerprint density at radius 1 is 0.913 bits per heavy atom. The Morgan fingerprint density at radius 2 is 1.61 bits per heavy atom. The van der Waals surface area contributed by atoms with Crippen LogP contribution in [0, 0.1) is 0 Å². The second kappa shape index (κ2) is 8.41. The van der Waals surface area contributed by atoms with Gasteiger partial charge in [-0.3, -0.25) is 19.6 Å². The number of carbonyl (C=O) groups excluding carboxylic acids is 1. The highest BCUT2D eigenvalue weighted by Gasteiger charge is 2.22. The van der Waals surface area contributed by atoms with E-state index in [4.69, 9.17) is 0 Å². The molecule has 0 aromatic carbocycles. The molecule has 0 spiro atoms. The molecule has 5 heteroatoms. The van der Waals surface area contributed by atoms with Gasteiger partial charge in [0.2, 0.25) is 5.91 Å². The number of pyridine rings is 1. The van der Waals surface area contributed by atoms with E-state index in [9.17, 15) is 4.79 Å². The van der Waals surface area contributed by atoms with Gasteiger partial charge in [-0.15, -0.1) is 0 Å². The molecule has 0 atom stereocenters. The van der Waals surface area contributed by atoms with Gasteiger partial charge in [-0.2, -0.15) is 0 Å². The molecule has 3 heterocycles. The molecule has 1 aromatic rings. The van der Waals surface area contributed by atoms with Crippen LogP contribution in [-0.4, -0.2) is 71.4 Å². The number of amides is 1. The highest BCUT2D eigenvalue weighted by molar-refractivity contribution is 5.78. The number of carbonyl (C=O) groups is 1. The fraction of sp³-hybridized carbons (Fsp3) is 0.667. The summed E-state index contributed by atoms with van der Waals surface area (Å²) in [6, 6.07) is 6.07. The van der Waals surface area contributed by atoms with E-state index in [1.54, 1.807) is 0 Å². The fourth-order valence-corrected chi connectivity index (χ4v) is 3.44. The molecule has 2 fully saturated rings. The van der Waals surface area contributed by atoms with Gasteiger partial charge in [0.15, 0.2) is 0 Å². The van der Waals surface area contributed by atoms with Crippen molar-refractivity contribution in [1.82, 2.24) is 19.7 Å². The number of hydrogen-bond acceptors (Lipinski definition) is 4. The topological polar surface area (TPSA) is 39.7 Å². The number of hydrogen-bond donors (Lipinski definition) is 0. The van der Waals surface area contributed by atoms with Crippen molar-refractivity contribution < 1.29 is 4.79 Å². The maximum atomic E-state index is 12.5. The van der Waals surface area contributed by atoms with E-state index >= 15 is 0 Å². The van der Waals surface area contributed by atoms with Crippen LogP contribution in [0.3, 0.4) is 0 Å². The van der Waals surface area contributed by atoms with Crippen LogP contribution in [0.4, 0.5) is 0 Å². The van der Waals surface area contributed by atoms with E-state index in [1.165, 1.54) is 25.7 Å². The zero-order chi connectivity index (χ0) is 15.9. The van der Waals surface area contributed by atoms with Gasteiger partial charge in [0, 0.05) is 52.0 Å². The van der Waals surface area contributed by atoms with Crippen molar-refractivity contribution in [2.75, 3.05) is 45.8 Å². The van der Waals surface area contributed by atoms with Crippen LogP contribution in [0.15, 0.2) is 24.4 Å². The second-order valence-electron chi connectivity index (χ2n) is 6.67. The quantitative estimate of drug-likeness (QED) is 0.846. The minimum absolute atomic E-state index is 0.324. The molecule has 0 N–H and O–H groups in total. The largest absolute Gasteiger partial charge is 0.342 e. The zero-order valence-corrected chi connectivity index (χ0v) is 14.0. The monoisotopic (exact) mass is 316 g/mol. The van der Waals surface area contributed by atoms with Gasteiger partial charge in [-0.05, 0) is 25.0 Å². The van der Waals surface area contributed by atoms with E-state index < -0.39 is 0 Å². The van der Waals surface area contributed by atoms with E-state index in [0.717, 1.165) is 51.5 Å². The molecular weight excluding hydrogens is 288 g/mol. The summed E-state index contributed by atoms with van der Waals surface area (Å²) in [5, 5.41) is 0. The molecule has 0 bridgehead atoms. The Morgan fingerprint density at radius 3 is 2.26 bits per heavy atom. The second-order valence-corrected chi connectivity index (χ2v) is 6.67. The first-order chi connectivity index (χ1) is 11.3. The zero-order valence-electron chi connectivity index (χ0n) is 14.0. The molecule has 2 aliphatic heterocycles. The van der Waals surface area contributed by atoms with Crippen LogP contribution < -0.4 is 0 Å². The smallest absolute Gasteiger partial charge is 0.236 e. The average molecular weight is 316 g/mol. The molecule has 3 rings (SSSR count). The lowest BCUT2D eigenvalue weighted by atomic mass is 10.2. The first-order valence-electron chi connectivity index (χ1n) is 8.94. The van der Waals surface area contributed by atoms with Crippen molar-refractivity contribution in [3.8, 4) is 0 Å². The summed E-state index contributed by atoms with van der Waals surface area (Å²) in [5.74, 6) is 0.324. The molecule has 1 aromatic heterocycles. The van der Waals surface area contributed by atoms with E-state index in [2.05, 4.69) is 25.8 Å². The predicted molar refractivity (Wildman–Crippen MR) is 91.0 cm³/mol. The summed E-state index contributed by atoms with van der Waals surface area (Å²) in [7, 11) is 0. The Bertz CT molecular complexity index is 477. The van der Waals surface area contributed by atoms with Crippen molar-refractivity contribution in [1.29, 1.82) is 0 Å². The number of likely N-dealkylation sites (tertiary alicyclic amines) is 1. The average Bonchev–Trinajstić information content (AvgIpc) is 2.87. The summed E-state index contributed by atoms with van der Waals surface area (Å²) >= 11 is 0. The molecule has 2 aliphatic rings. The van der Waals surface area contributed by atoms with E-state index in [-0.39, 0.29) is 0 Å². The van der Waals surface area contributed by atoms with Crippen LogP contribution in [0.2, 0.25) is 0 Å². The van der Waals surface area contributed by atoms with E-state index in [0.29, 0.717) is 12.5 Å². The Balaban J connectivity index is 1.41. The minimum Gasteiger partial charge on any atom is -0.342 e. The summed E-state index contributed by atoms with van der Waals surface area (Å²) in [5.41, 5.74) is 1.13. The maximum Gasteiger partial charge on any atom is 0.236 e. The molecule has 0 aliphatic carbocycles. The van der Waals surface area contributed by atoms with Crippen molar-refractivity contribution in [3.63, 3.8) is 0 Å². The van der Waals surface area contributed by atoms with Crippen molar-refractivity contribution >= 4 is 5.91 Å². The van der Waals surface area contributed by atoms with Crippen LogP contribution in [-0.2, 0) is 11.3 Å². The lowest BCUT2D eigenvalue weighted by molar-refractivity contribution is -0.132. The van der Waals surface area contributed by atoms with Crippen LogP contribution in [0.5, 0.6) is 0 Å². The number of nitrogens with zero attached hydrogens (tertiary/aromatic N) is 4. The van der Waals surface area contributed by atoms with Crippen LogP contribution in [0.25, 0.3) is 0 Å². The third kappa shape index (κ3) is 5.01. The van der Waals surface area contributed by atoms with Gasteiger partial charge >= 0.3 is 0 Å². The van der Waals surface area contributed by atoms with E-state index in [1.807, 2.05) is 18.3 Å². The first-order valence-corrected chi connectivity index (χ1v) is 8.94. The summed E-state index contributed by atoms with van der Waals surface area (Å²) < 4.78 is 0. The maximum absolute atomic E-state index is 12.5. The standard InChI is InChI=1S/C18H28N4O/c23-18(22-9-5-1-2-6-10-22)16-21-13-11-20(12-14-21)15-17-7-3-4-8-19-17/h3-4,7-8H,1-2,5-6,9-16H2. The third-order valence-corrected chi connectivity index (χ3v) is 4.89. The molecule has 0 radical (unpaired) electrons. The highest BCUT2D eigenvalue weighted by atomic mass is 16.2. The van der Waals surface area contributed by atoms with Gasteiger partial charge in [-0.1, -0.05) is 18.9 Å². The molecular formula is C18H28N4O. The molecule has 1 amide bonds. The van der Waals surface area contributed by atoms with Gasteiger partial charge in [-0.25, -0.2) is 0 Å². The molecule has 5 nitrogen and oxygen atoms in total. The van der Waals surface area contributed by atoms with Crippen molar-refractivity contribution in [3.05, 3.63) is 30.1 Å². The number of aromatic nitrogens is 1. The van der Waals surface area contributed by atoms with Gasteiger partial charge in [0.1, 0.15) is 0 Å². The minimum atomic E-state index is 0.324. The Kier molecular flexibility index (Phi) is 6.00. The summed E-state index contributed by atoms with van der Waals surface area (Å²) in [6.07, 6.45) is 6.74. The molecule has 0 unspecified atom stereocenters. The third-order valence-electron chi connectivity index (χ3n) is 4.89.